The lowest BCUT2D eigenvalue weighted by Gasteiger charge is -2.10. The average molecular weight is 357 g/mol. The highest BCUT2D eigenvalue weighted by Crippen LogP contribution is 2.28. The van der Waals surface area contributed by atoms with E-state index in [1.807, 2.05) is 6.92 Å². The number of nitrogens with zero attached hydrogens (tertiary/aromatic N) is 1. The van der Waals surface area contributed by atoms with Crippen LogP contribution < -0.4 is 4.74 Å². The topological polar surface area (TPSA) is 97.6 Å². The first-order valence-electron chi connectivity index (χ1n) is 7.55. The third kappa shape index (κ3) is 7.67. The van der Waals surface area contributed by atoms with E-state index in [9.17, 15) is 9.90 Å². The molecule has 0 saturated heterocycles. The summed E-state index contributed by atoms with van der Waals surface area (Å²) in [6.07, 6.45) is -0.421. The zero-order valence-electron chi connectivity index (χ0n) is 13.9. The van der Waals surface area contributed by atoms with Crippen molar-refractivity contribution in [1.82, 2.24) is 0 Å². The minimum Gasteiger partial charge on any atom is -0.507 e. The Kier molecular flexibility index (Phi) is 9.90. The maximum atomic E-state index is 10.8. The molecule has 0 bridgehead atoms. The summed E-state index contributed by atoms with van der Waals surface area (Å²) >= 11 is 1.29. The van der Waals surface area contributed by atoms with Crippen molar-refractivity contribution in [2.75, 3.05) is 39.3 Å². The Balaban J connectivity index is 2.66. The first-order valence-corrected chi connectivity index (χ1v) is 8.54. The highest BCUT2D eigenvalue weighted by atomic mass is 32.2. The van der Waals surface area contributed by atoms with Crippen LogP contribution in [0.4, 0.5) is 4.79 Å². The molecule has 2 N–H and O–H groups in total. The smallest absolute Gasteiger partial charge is 0.432 e. The molecule has 24 heavy (non-hydrogen) atoms. The second kappa shape index (κ2) is 11.7. The van der Waals surface area contributed by atoms with Gasteiger partial charge in [0.25, 0.3) is 0 Å². The van der Waals surface area contributed by atoms with E-state index in [4.69, 9.17) is 19.3 Å². The Morgan fingerprint density at radius 3 is 2.62 bits per heavy atom. The Hall–Kier alpha value is -1.77. The summed E-state index contributed by atoms with van der Waals surface area (Å²) in [6.45, 7) is 3.74. The fraction of sp³-hybridized carbons (Fsp3) is 0.500. The van der Waals surface area contributed by atoms with Gasteiger partial charge in [0.1, 0.15) is 23.1 Å². The van der Waals surface area contributed by atoms with Crippen molar-refractivity contribution in [3.05, 3.63) is 23.8 Å². The van der Waals surface area contributed by atoms with Gasteiger partial charge in [0.15, 0.2) is 0 Å². The van der Waals surface area contributed by atoms with Crippen molar-refractivity contribution in [2.45, 2.75) is 13.3 Å². The Morgan fingerprint density at radius 2 is 2.00 bits per heavy atom. The van der Waals surface area contributed by atoms with Gasteiger partial charge in [0.05, 0.1) is 19.8 Å². The molecule has 1 aromatic rings. The molecule has 0 saturated carbocycles. The number of hydrogen-bond donors (Lipinski definition) is 2. The molecule has 0 atom stereocenters. The summed E-state index contributed by atoms with van der Waals surface area (Å²) in [6, 6.07) is 4.70. The summed E-state index contributed by atoms with van der Waals surface area (Å²) < 4.78 is 15.6. The molecule has 0 fully saturated rings. The van der Waals surface area contributed by atoms with E-state index in [0.29, 0.717) is 43.5 Å². The van der Waals surface area contributed by atoms with Crippen LogP contribution in [0, 0.1) is 0 Å². The minimum atomic E-state index is -1.29. The monoisotopic (exact) mass is 357 g/mol. The minimum absolute atomic E-state index is 0.0728. The van der Waals surface area contributed by atoms with Crippen molar-refractivity contribution in [3.63, 3.8) is 0 Å². The number of carbonyl (C=O) groups is 1. The van der Waals surface area contributed by atoms with Crippen LogP contribution in [-0.2, 0) is 9.47 Å². The van der Waals surface area contributed by atoms with Gasteiger partial charge >= 0.3 is 6.09 Å². The SMILES string of the molecule is CCCSC(=NC(=O)O)c1ccc(OCCOCCOC)cc1O. The number of phenols is 1. The van der Waals surface area contributed by atoms with Gasteiger partial charge in [-0.2, -0.15) is 4.99 Å². The molecule has 0 aliphatic heterocycles. The van der Waals surface area contributed by atoms with Gasteiger partial charge in [-0.25, -0.2) is 4.79 Å². The lowest BCUT2D eigenvalue weighted by molar-refractivity contribution is 0.0544. The van der Waals surface area contributed by atoms with Crippen LogP contribution in [0.25, 0.3) is 0 Å². The summed E-state index contributed by atoms with van der Waals surface area (Å²) in [5, 5.41) is 19.3. The lowest BCUT2D eigenvalue weighted by Crippen LogP contribution is -2.10. The maximum absolute atomic E-state index is 10.8. The highest BCUT2D eigenvalue weighted by molar-refractivity contribution is 8.14. The number of hydrogen-bond acceptors (Lipinski definition) is 6. The van der Waals surface area contributed by atoms with Crippen molar-refractivity contribution in [3.8, 4) is 11.5 Å². The van der Waals surface area contributed by atoms with Gasteiger partial charge in [-0.1, -0.05) is 6.92 Å². The fourth-order valence-corrected chi connectivity index (χ4v) is 2.57. The number of carboxylic acid groups (broad SMARTS) is 1. The van der Waals surface area contributed by atoms with Crippen LogP contribution in [0.3, 0.4) is 0 Å². The van der Waals surface area contributed by atoms with Crippen LogP contribution in [0.5, 0.6) is 11.5 Å². The zero-order valence-corrected chi connectivity index (χ0v) is 14.7. The van der Waals surface area contributed by atoms with Gasteiger partial charge in [-0.3, -0.25) is 0 Å². The Labute approximate surface area is 145 Å². The third-order valence-corrected chi connectivity index (χ3v) is 3.96. The summed E-state index contributed by atoms with van der Waals surface area (Å²) in [5.41, 5.74) is 0.375. The first kappa shape index (κ1) is 20.3. The Morgan fingerprint density at radius 1 is 1.25 bits per heavy atom. The number of methoxy groups -OCH3 is 1. The predicted molar refractivity (Wildman–Crippen MR) is 93.6 cm³/mol. The van der Waals surface area contributed by atoms with Crippen LogP contribution >= 0.6 is 11.8 Å². The summed E-state index contributed by atoms with van der Waals surface area (Å²) in [7, 11) is 1.60. The highest BCUT2D eigenvalue weighted by Gasteiger charge is 2.12. The van der Waals surface area contributed by atoms with E-state index in [-0.39, 0.29) is 10.8 Å². The number of aromatic hydroxyl groups is 1. The first-order chi connectivity index (χ1) is 11.6. The van der Waals surface area contributed by atoms with Crippen LogP contribution in [0.2, 0.25) is 0 Å². The second-order valence-corrected chi connectivity index (χ2v) is 5.76. The van der Waals surface area contributed by atoms with Crippen LogP contribution in [0.15, 0.2) is 23.2 Å². The predicted octanol–water partition coefficient (Wildman–Crippen LogP) is 3.00. The molecule has 8 heteroatoms. The molecule has 0 unspecified atom stereocenters. The van der Waals surface area contributed by atoms with E-state index in [2.05, 4.69) is 4.99 Å². The molecule has 1 amide bonds. The van der Waals surface area contributed by atoms with Crippen LogP contribution in [0.1, 0.15) is 18.9 Å². The number of aliphatic imine (C=N–C) groups is 1. The van der Waals surface area contributed by atoms with Gasteiger partial charge in [-0.15, -0.1) is 11.8 Å². The molecular formula is C16H23NO6S. The summed E-state index contributed by atoms with van der Waals surface area (Å²) in [4.78, 5) is 14.4. The standard InChI is InChI=1S/C16H23NO6S/c1-3-10-24-15(17-16(19)20)13-5-4-12(11-14(13)18)23-9-8-22-7-6-21-2/h4-5,11,18H,3,6-10H2,1-2H3,(H,19,20). The molecule has 0 spiro atoms. The second-order valence-electron chi connectivity index (χ2n) is 4.68. The maximum Gasteiger partial charge on any atom is 0.432 e. The number of phenolic OH excluding ortho intramolecular Hbond substituents is 1. The quantitative estimate of drug-likeness (QED) is 0.377. The van der Waals surface area contributed by atoms with Crippen LogP contribution in [-0.4, -0.2) is 60.6 Å². The van der Waals surface area contributed by atoms with E-state index in [0.717, 1.165) is 6.42 Å². The molecule has 7 nitrogen and oxygen atoms in total. The average Bonchev–Trinajstić information content (AvgIpc) is 2.54. The molecule has 0 heterocycles. The van der Waals surface area contributed by atoms with E-state index >= 15 is 0 Å². The molecule has 134 valence electrons. The van der Waals surface area contributed by atoms with Crippen molar-refractivity contribution >= 4 is 22.9 Å². The number of thioether (sulfide) groups is 1. The van der Waals surface area contributed by atoms with E-state index in [1.54, 1.807) is 19.2 Å². The summed E-state index contributed by atoms with van der Waals surface area (Å²) in [5.74, 6) is 1.11. The number of ether oxygens (including phenoxy) is 3. The van der Waals surface area contributed by atoms with Crippen molar-refractivity contribution in [1.29, 1.82) is 0 Å². The molecule has 0 aliphatic rings. The third-order valence-electron chi connectivity index (χ3n) is 2.77. The zero-order chi connectivity index (χ0) is 17.8. The molecule has 1 aromatic carbocycles. The normalized spacial score (nSPS) is 11.5. The molecular weight excluding hydrogens is 334 g/mol. The van der Waals surface area contributed by atoms with Gasteiger partial charge in [0, 0.05) is 18.7 Å². The molecule has 0 aromatic heterocycles. The fourth-order valence-electron chi connectivity index (χ4n) is 1.70. The number of amides is 1. The largest absolute Gasteiger partial charge is 0.507 e. The van der Waals surface area contributed by atoms with E-state index < -0.39 is 6.09 Å². The molecule has 0 radical (unpaired) electrons. The van der Waals surface area contributed by atoms with Crippen molar-refractivity contribution < 1.29 is 29.2 Å². The molecule has 0 aliphatic carbocycles. The van der Waals surface area contributed by atoms with Gasteiger partial charge in [0.2, 0.25) is 0 Å². The van der Waals surface area contributed by atoms with Gasteiger partial charge < -0.3 is 24.4 Å². The Bertz CT molecular complexity index is 549. The van der Waals surface area contributed by atoms with E-state index in [1.165, 1.54) is 17.8 Å². The van der Waals surface area contributed by atoms with Gasteiger partial charge in [-0.05, 0) is 24.3 Å². The molecule has 1 rings (SSSR count). The number of benzene rings is 1. The number of rotatable bonds is 10. The van der Waals surface area contributed by atoms with Crippen molar-refractivity contribution in [2.24, 2.45) is 4.99 Å². The lowest BCUT2D eigenvalue weighted by atomic mass is 10.2.